The number of hydrogen-bond donors (Lipinski definition) is 1. The molecule has 0 aromatic heterocycles. The lowest BCUT2D eigenvalue weighted by atomic mass is 9.80. The van der Waals surface area contributed by atoms with Crippen LogP contribution in [0.25, 0.3) is 0 Å². The van der Waals surface area contributed by atoms with Crippen molar-refractivity contribution in [3.8, 4) is 5.75 Å². The summed E-state index contributed by atoms with van der Waals surface area (Å²) in [6.45, 7) is 2.25. The summed E-state index contributed by atoms with van der Waals surface area (Å²) in [5.41, 5.74) is 0.195. The highest BCUT2D eigenvalue weighted by molar-refractivity contribution is 5.87. The van der Waals surface area contributed by atoms with Gasteiger partial charge < -0.3 is 9.84 Å². The third kappa shape index (κ3) is 7.74. The van der Waals surface area contributed by atoms with Gasteiger partial charge in [-0.25, -0.2) is 4.79 Å². The van der Waals surface area contributed by atoms with Crippen LogP contribution in [0.5, 0.6) is 5.75 Å². The number of esters is 1. The zero-order chi connectivity index (χ0) is 19.5. The Morgan fingerprint density at radius 1 is 0.926 bits per heavy atom. The molecule has 150 valence electrons. The number of hydrogen-bond acceptors (Lipinski definition) is 3. The summed E-state index contributed by atoms with van der Waals surface area (Å²) < 4.78 is 5.44. The summed E-state index contributed by atoms with van der Waals surface area (Å²) in [6, 6.07) is 6.02. The summed E-state index contributed by atoms with van der Waals surface area (Å²) in [7, 11) is 0. The van der Waals surface area contributed by atoms with Gasteiger partial charge in [0.1, 0.15) is 5.75 Å². The van der Waals surface area contributed by atoms with Crippen molar-refractivity contribution in [1.82, 2.24) is 0 Å². The molecule has 1 saturated carbocycles. The smallest absolute Gasteiger partial charge is 0.335 e. The van der Waals surface area contributed by atoms with Crippen LogP contribution >= 0.6 is 0 Å². The minimum absolute atomic E-state index is 0.0190. The fourth-order valence-electron chi connectivity index (χ4n) is 3.94. The lowest BCUT2D eigenvalue weighted by Gasteiger charge is -2.27. The highest BCUT2D eigenvalue weighted by Crippen LogP contribution is 2.33. The molecule has 0 unspecified atom stereocenters. The SMILES string of the molecule is CCCCCCCCCC1CCC(C(=O)Oc2ccc(C(=O)O)cc2)CC1. The van der Waals surface area contributed by atoms with E-state index in [4.69, 9.17) is 9.84 Å². The Labute approximate surface area is 163 Å². The molecule has 0 spiro atoms. The van der Waals surface area contributed by atoms with Gasteiger partial charge in [-0.05, 0) is 55.9 Å². The van der Waals surface area contributed by atoms with Gasteiger partial charge in [0, 0.05) is 0 Å². The molecule has 1 aromatic rings. The monoisotopic (exact) mass is 374 g/mol. The van der Waals surface area contributed by atoms with Crippen molar-refractivity contribution in [1.29, 1.82) is 0 Å². The molecular formula is C23H34O4. The van der Waals surface area contributed by atoms with E-state index in [1.807, 2.05) is 0 Å². The average Bonchev–Trinajstić information content (AvgIpc) is 2.68. The molecule has 0 saturated heterocycles. The van der Waals surface area contributed by atoms with E-state index in [1.165, 1.54) is 63.5 Å². The zero-order valence-corrected chi connectivity index (χ0v) is 16.6. The van der Waals surface area contributed by atoms with Crippen LogP contribution in [0.2, 0.25) is 0 Å². The van der Waals surface area contributed by atoms with E-state index in [1.54, 1.807) is 12.1 Å². The maximum atomic E-state index is 12.3. The zero-order valence-electron chi connectivity index (χ0n) is 16.6. The van der Waals surface area contributed by atoms with Gasteiger partial charge in [0.2, 0.25) is 0 Å². The maximum Gasteiger partial charge on any atom is 0.335 e. The van der Waals surface area contributed by atoms with Crippen LogP contribution in [0.4, 0.5) is 0 Å². The molecular weight excluding hydrogens is 340 g/mol. The van der Waals surface area contributed by atoms with E-state index in [-0.39, 0.29) is 17.5 Å². The molecule has 2 rings (SSSR count). The first-order chi connectivity index (χ1) is 13.1. The quantitative estimate of drug-likeness (QED) is 0.283. The minimum atomic E-state index is -0.979. The first-order valence-corrected chi connectivity index (χ1v) is 10.6. The first-order valence-electron chi connectivity index (χ1n) is 10.6. The van der Waals surface area contributed by atoms with Crippen LogP contribution in [-0.2, 0) is 4.79 Å². The molecule has 1 aliphatic carbocycles. The van der Waals surface area contributed by atoms with Crippen LogP contribution in [-0.4, -0.2) is 17.0 Å². The van der Waals surface area contributed by atoms with E-state index in [0.29, 0.717) is 5.75 Å². The Bertz CT molecular complexity index is 571. The highest BCUT2D eigenvalue weighted by atomic mass is 16.5. The molecule has 0 radical (unpaired) electrons. The van der Waals surface area contributed by atoms with Gasteiger partial charge in [-0.1, -0.05) is 58.3 Å². The molecule has 27 heavy (non-hydrogen) atoms. The van der Waals surface area contributed by atoms with Gasteiger partial charge in [0.05, 0.1) is 11.5 Å². The number of carboxylic acids is 1. The topological polar surface area (TPSA) is 63.6 Å². The summed E-state index contributed by atoms with van der Waals surface area (Å²) in [5, 5.41) is 8.90. The van der Waals surface area contributed by atoms with Crippen molar-refractivity contribution in [3.63, 3.8) is 0 Å². The molecule has 4 nitrogen and oxygen atoms in total. The first kappa shape index (κ1) is 21.5. The van der Waals surface area contributed by atoms with Crippen molar-refractivity contribution in [2.24, 2.45) is 11.8 Å². The molecule has 1 aliphatic rings. The number of carboxylic acid groups (broad SMARTS) is 1. The number of carbonyl (C=O) groups excluding carboxylic acids is 1. The van der Waals surface area contributed by atoms with Crippen molar-refractivity contribution in [3.05, 3.63) is 29.8 Å². The van der Waals surface area contributed by atoms with Crippen LogP contribution < -0.4 is 4.74 Å². The summed E-state index contributed by atoms with van der Waals surface area (Å²) in [5.74, 6) is 0.0174. The Morgan fingerprint density at radius 2 is 1.52 bits per heavy atom. The fraction of sp³-hybridized carbons (Fsp3) is 0.652. The van der Waals surface area contributed by atoms with Crippen LogP contribution in [0, 0.1) is 11.8 Å². The Balaban J connectivity index is 1.61. The molecule has 0 atom stereocenters. The summed E-state index contributed by atoms with van der Waals surface area (Å²) in [6.07, 6.45) is 14.8. The molecule has 0 bridgehead atoms. The predicted octanol–water partition coefficient (Wildman–Crippen LogP) is 6.24. The standard InChI is InChI=1S/C23H34O4/c1-2-3-4-5-6-7-8-9-18-10-12-20(13-11-18)23(26)27-21-16-14-19(15-17-21)22(24)25/h14-18,20H,2-13H2,1H3,(H,24,25). The second-order valence-corrected chi connectivity index (χ2v) is 7.88. The van der Waals surface area contributed by atoms with E-state index in [9.17, 15) is 9.59 Å². The maximum absolute atomic E-state index is 12.3. The molecule has 0 aliphatic heterocycles. The van der Waals surface area contributed by atoms with Crippen LogP contribution in [0.3, 0.4) is 0 Å². The Hall–Kier alpha value is -1.84. The van der Waals surface area contributed by atoms with Crippen LogP contribution in [0.15, 0.2) is 24.3 Å². The third-order valence-corrected chi connectivity index (χ3v) is 5.72. The van der Waals surface area contributed by atoms with Crippen molar-refractivity contribution >= 4 is 11.9 Å². The largest absolute Gasteiger partial charge is 0.478 e. The number of ether oxygens (including phenoxy) is 1. The molecule has 4 heteroatoms. The van der Waals surface area contributed by atoms with E-state index < -0.39 is 5.97 Å². The Morgan fingerprint density at radius 3 is 2.11 bits per heavy atom. The number of aromatic carboxylic acids is 1. The second kappa shape index (κ2) is 11.8. The lowest BCUT2D eigenvalue weighted by molar-refractivity contribution is -0.140. The van der Waals surface area contributed by atoms with E-state index in [0.717, 1.165) is 31.6 Å². The van der Waals surface area contributed by atoms with Gasteiger partial charge >= 0.3 is 11.9 Å². The molecule has 1 N–H and O–H groups in total. The normalized spacial score (nSPS) is 19.6. The van der Waals surface area contributed by atoms with Crippen molar-refractivity contribution < 1.29 is 19.4 Å². The predicted molar refractivity (Wildman–Crippen MR) is 107 cm³/mol. The highest BCUT2D eigenvalue weighted by Gasteiger charge is 2.27. The second-order valence-electron chi connectivity index (χ2n) is 7.88. The molecule has 1 aromatic carbocycles. The number of carbonyl (C=O) groups is 2. The van der Waals surface area contributed by atoms with Gasteiger partial charge in [-0.15, -0.1) is 0 Å². The summed E-state index contributed by atoms with van der Waals surface area (Å²) in [4.78, 5) is 23.2. The fourth-order valence-corrected chi connectivity index (χ4v) is 3.94. The van der Waals surface area contributed by atoms with Crippen molar-refractivity contribution in [2.45, 2.75) is 84.0 Å². The van der Waals surface area contributed by atoms with Gasteiger partial charge in [-0.3, -0.25) is 4.79 Å². The van der Waals surface area contributed by atoms with E-state index in [2.05, 4.69) is 6.92 Å². The minimum Gasteiger partial charge on any atom is -0.478 e. The summed E-state index contributed by atoms with van der Waals surface area (Å²) >= 11 is 0. The van der Waals surface area contributed by atoms with Crippen molar-refractivity contribution in [2.75, 3.05) is 0 Å². The number of rotatable bonds is 11. The molecule has 0 heterocycles. The number of unbranched alkanes of at least 4 members (excludes halogenated alkanes) is 6. The number of benzene rings is 1. The van der Waals surface area contributed by atoms with Crippen LogP contribution in [0.1, 0.15) is 94.3 Å². The lowest BCUT2D eigenvalue weighted by Crippen LogP contribution is -2.25. The Kier molecular flexibility index (Phi) is 9.37. The van der Waals surface area contributed by atoms with Gasteiger partial charge in [0.15, 0.2) is 0 Å². The third-order valence-electron chi connectivity index (χ3n) is 5.72. The van der Waals surface area contributed by atoms with Gasteiger partial charge in [0.25, 0.3) is 0 Å². The molecule has 1 fully saturated rings. The molecule has 0 amide bonds. The van der Waals surface area contributed by atoms with E-state index >= 15 is 0 Å². The van der Waals surface area contributed by atoms with Gasteiger partial charge in [-0.2, -0.15) is 0 Å². The average molecular weight is 375 g/mol.